The second kappa shape index (κ2) is 9.94. The Morgan fingerprint density at radius 1 is 1.04 bits per heavy atom. The number of hydrogen-bond donors (Lipinski definition) is 2. The molecule has 1 aromatic rings. The van der Waals surface area contributed by atoms with Crippen molar-refractivity contribution < 1.29 is 19.1 Å². The largest absolute Gasteiger partial charge is 0.456 e. The van der Waals surface area contributed by atoms with Crippen molar-refractivity contribution in [2.45, 2.75) is 64.8 Å². The molecule has 0 aromatic heterocycles. The van der Waals surface area contributed by atoms with E-state index in [1.54, 1.807) is 0 Å². The van der Waals surface area contributed by atoms with Crippen molar-refractivity contribution in [1.29, 1.82) is 0 Å². The van der Waals surface area contributed by atoms with Crippen LogP contribution in [0.2, 0.25) is 0 Å². The fourth-order valence-corrected chi connectivity index (χ4v) is 3.04. The number of carbonyl (C=O) groups is 3. The molecule has 0 aliphatic heterocycles. The average Bonchev–Trinajstić information content (AvgIpc) is 2.62. The Bertz CT molecular complexity index is 651. The fraction of sp³-hybridized carbons (Fsp3) is 0.550. The van der Waals surface area contributed by atoms with Crippen LogP contribution in [0.25, 0.3) is 0 Å². The third-order valence-corrected chi connectivity index (χ3v) is 4.56. The molecule has 0 unspecified atom stereocenters. The Labute approximate surface area is 154 Å². The summed E-state index contributed by atoms with van der Waals surface area (Å²) in [5, 5.41) is 5.69. The summed E-state index contributed by atoms with van der Waals surface area (Å²) in [6, 6.07) is 5.98. The van der Waals surface area contributed by atoms with E-state index in [-0.39, 0.29) is 31.4 Å². The van der Waals surface area contributed by atoms with Crippen LogP contribution >= 0.6 is 0 Å². The smallest absolute Gasteiger partial charge is 0.306 e. The van der Waals surface area contributed by atoms with Crippen LogP contribution in [0.3, 0.4) is 0 Å². The van der Waals surface area contributed by atoms with E-state index in [0.717, 1.165) is 36.8 Å². The Morgan fingerprint density at radius 3 is 2.50 bits per heavy atom. The summed E-state index contributed by atoms with van der Waals surface area (Å²) >= 11 is 0. The molecule has 2 rings (SSSR count). The van der Waals surface area contributed by atoms with Gasteiger partial charge < -0.3 is 15.4 Å². The Kier molecular flexibility index (Phi) is 7.63. The highest BCUT2D eigenvalue weighted by Gasteiger charge is 2.17. The maximum atomic E-state index is 11.9. The van der Waals surface area contributed by atoms with Crippen molar-refractivity contribution in [2.75, 3.05) is 11.9 Å². The highest BCUT2D eigenvalue weighted by molar-refractivity contribution is 5.93. The number of carbonyl (C=O) groups excluding carboxylic acids is 3. The van der Waals surface area contributed by atoms with E-state index in [0.29, 0.717) is 5.69 Å². The van der Waals surface area contributed by atoms with Crippen molar-refractivity contribution in [1.82, 2.24) is 5.32 Å². The van der Waals surface area contributed by atoms with E-state index < -0.39 is 11.9 Å². The second-order valence-corrected chi connectivity index (χ2v) is 6.93. The van der Waals surface area contributed by atoms with E-state index in [1.807, 2.05) is 32.0 Å². The summed E-state index contributed by atoms with van der Waals surface area (Å²) in [7, 11) is 0. The quantitative estimate of drug-likeness (QED) is 0.732. The molecule has 6 nitrogen and oxygen atoms in total. The van der Waals surface area contributed by atoms with Crippen LogP contribution in [-0.2, 0) is 19.1 Å². The van der Waals surface area contributed by atoms with Gasteiger partial charge >= 0.3 is 5.97 Å². The summed E-state index contributed by atoms with van der Waals surface area (Å²) in [5.41, 5.74) is 2.68. The molecule has 1 aromatic carbocycles. The summed E-state index contributed by atoms with van der Waals surface area (Å²) < 4.78 is 4.96. The zero-order valence-electron chi connectivity index (χ0n) is 15.6. The molecule has 1 aliphatic rings. The molecule has 0 atom stereocenters. The predicted octanol–water partition coefficient (Wildman–Crippen LogP) is 3.01. The number of anilines is 1. The second-order valence-electron chi connectivity index (χ2n) is 6.93. The maximum absolute atomic E-state index is 11.9. The number of aryl methyl sites for hydroxylation is 2. The molecule has 0 saturated heterocycles. The van der Waals surface area contributed by atoms with Gasteiger partial charge in [-0.15, -0.1) is 0 Å². The molecule has 0 bridgehead atoms. The molecule has 1 saturated carbocycles. The minimum atomic E-state index is -0.542. The molecular weight excluding hydrogens is 332 g/mol. The molecular formula is C20H28N2O4. The molecule has 0 radical (unpaired) electrons. The number of esters is 1. The summed E-state index contributed by atoms with van der Waals surface area (Å²) in [6.07, 6.45) is 5.60. The topological polar surface area (TPSA) is 84.5 Å². The Hall–Kier alpha value is -2.37. The van der Waals surface area contributed by atoms with Crippen LogP contribution in [0.5, 0.6) is 0 Å². The molecule has 2 N–H and O–H groups in total. The summed E-state index contributed by atoms with van der Waals surface area (Å²) in [5.74, 6) is -1.06. The minimum absolute atomic E-state index is 0.0185. The lowest BCUT2D eigenvalue weighted by Gasteiger charge is -2.22. The number of ether oxygens (including phenoxy) is 1. The molecule has 26 heavy (non-hydrogen) atoms. The Balaban J connectivity index is 1.65. The first-order chi connectivity index (χ1) is 12.4. The van der Waals surface area contributed by atoms with Crippen molar-refractivity contribution in [2.24, 2.45) is 0 Å². The predicted molar refractivity (Wildman–Crippen MR) is 99.8 cm³/mol. The third-order valence-electron chi connectivity index (χ3n) is 4.56. The molecule has 1 aliphatic carbocycles. The van der Waals surface area contributed by atoms with Gasteiger partial charge in [-0.1, -0.05) is 31.4 Å². The zero-order chi connectivity index (χ0) is 18.9. The van der Waals surface area contributed by atoms with Gasteiger partial charge in [-0.3, -0.25) is 14.4 Å². The standard InChI is InChI=1S/C20H28N2O4/c1-14-8-9-15(2)17(12-14)22-19(24)13-26-20(25)11-10-18(23)21-16-6-4-3-5-7-16/h8-9,12,16H,3-7,10-11,13H2,1-2H3,(H,21,23)(H,22,24). The first-order valence-corrected chi connectivity index (χ1v) is 9.26. The van der Waals surface area contributed by atoms with Crippen molar-refractivity contribution >= 4 is 23.5 Å². The van der Waals surface area contributed by atoms with Gasteiger partial charge in [-0.25, -0.2) is 0 Å². The normalized spacial score (nSPS) is 14.5. The monoisotopic (exact) mass is 360 g/mol. The number of benzene rings is 1. The lowest BCUT2D eigenvalue weighted by Crippen LogP contribution is -2.36. The van der Waals surface area contributed by atoms with Gasteiger partial charge in [-0.05, 0) is 43.9 Å². The maximum Gasteiger partial charge on any atom is 0.306 e. The van der Waals surface area contributed by atoms with Crippen LogP contribution in [0.15, 0.2) is 18.2 Å². The molecule has 0 heterocycles. The highest BCUT2D eigenvalue weighted by Crippen LogP contribution is 2.18. The van der Waals surface area contributed by atoms with Gasteiger partial charge in [0.05, 0.1) is 6.42 Å². The summed E-state index contributed by atoms with van der Waals surface area (Å²) in [6.45, 7) is 3.48. The number of hydrogen-bond acceptors (Lipinski definition) is 4. The molecule has 1 fully saturated rings. The van der Waals surface area contributed by atoms with Crippen molar-refractivity contribution in [3.05, 3.63) is 29.3 Å². The lowest BCUT2D eigenvalue weighted by molar-refractivity contribution is -0.148. The average molecular weight is 360 g/mol. The van der Waals surface area contributed by atoms with Gasteiger partial charge in [-0.2, -0.15) is 0 Å². The highest BCUT2D eigenvalue weighted by atomic mass is 16.5. The van der Waals surface area contributed by atoms with E-state index in [9.17, 15) is 14.4 Å². The van der Waals surface area contributed by atoms with Crippen molar-refractivity contribution in [3.8, 4) is 0 Å². The number of rotatable bonds is 7. The van der Waals surface area contributed by atoms with Crippen LogP contribution in [-0.4, -0.2) is 30.4 Å². The van der Waals surface area contributed by atoms with Gasteiger partial charge in [0, 0.05) is 18.2 Å². The van der Waals surface area contributed by atoms with Crippen LogP contribution in [0.1, 0.15) is 56.1 Å². The first-order valence-electron chi connectivity index (χ1n) is 9.26. The van der Waals surface area contributed by atoms with Crippen LogP contribution in [0.4, 0.5) is 5.69 Å². The van der Waals surface area contributed by atoms with Gasteiger partial charge in [0.25, 0.3) is 5.91 Å². The first kappa shape index (κ1) is 19.9. The van der Waals surface area contributed by atoms with E-state index >= 15 is 0 Å². The number of amides is 2. The van der Waals surface area contributed by atoms with E-state index in [2.05, 4.69) is 10.6 Å². The molecule has 2 amide bonds. The SMILES string of the molecule is Cc1ccc(C)c(NC(=O)COC(=O)CCC(=O)NC2CCCCC2)c1. The van der Waals surface area contributed by atoms with Gasteiger partial charge in [0.1, 0.15) is 0 Å². The Morgan fingerprint density at radius 2 is 1.77 bits per heavy atom. The minimum Gasteiger partial charge on any atom is -0.456 e. The summed E-state index contributed by atoms with van der Waals surface area (Å²) in [4.78, 5) is 35.5. The third kappa shape index (κ3) is 6.86. The zero-order valence-corrected chi connectivity index (χ0v) is 15.6. The molecule has 142 valence electrons. The van der Waals surface area contributed by atoms with Crippen LogP contribution < -0.4 is 10.6 Å². The van der Waals surface area contributed by atoms with Crippen molar-refractivity contribution in [3.63, 3.8) is 0 Å². The van der Waals surface area contributed by atoms with E-state index in [4.69, 9.17) is 4.74 Å². The number of nitrogens with one attached hydrogen (secondary N) is 2. The lowest BCUT2D eigenvalue weighted by atomic mass is 9.95. The van der Waals surface area contributed by atoms with Gasteiger partial charge in [0.2, 0.25) is 5.91 Å². The van der Waals surface area contributed by atoms with Crippen LogP contribution in [0, 0.1) is 13.8 Å². The molecule has 6 heteroatoms. The molecule has 0 spiro atoms. The fourth-order valence-electron chi connectivity index (χ4n) is 3.04. The van der Waals surface area contributed by atoms with E-state index in [1.165, 1.54) is 6.42 Å². The van der Waals surface area contributed by atoms with Gasteiger partial charge in [0.15, 0.2) is 6.61 Å².